The first-order valence-electron chi connectivity index (χ1n) is 6.02. The molecule has 110 valence electrons. The van der Waals surface area contributed by atoms with Crippen molar-refractivity contribution in [2.75, 3.05) is 6.26 Å². The van der Waals surface area contributed by atoms with Crippen LogP contribution >= 0.6 is 12.2 Å². The molecule has 2 aromatic rings. The third-order valence-electron chi connectivity index (χ3n) is 2.84. The van der Waals surface area contributed by atoms with E-state index in [0.29, 0.717) is 17.2 Å². The number of nitrogens with zero attached hydrogens (tertiary/aromatic N) is 1. The van der Waals surface area contributed by atoms with Gasteiger partial charge in [-0.25, -0.2) is 13.4 Å². The number of ether oxygens (including phenoxy) is 1. The van der Waals surface area contributed by atoms with Crippen molar-refractivity contribution in [3.63, 3.8) is 0 Å². The molecule has 0 aliphatic rings. The van der Waals surface area contributed by atoms with Gasteiger partial charge in [0.2, 0.25) is 5.88 Å². The Bertz CT molecular complexity index is 784. The second-order valence-corrected chi connectivity index (χ2v) is 6.97. The minimum Gasteiger partial charge on any atom is -0.438 e. The van der Waals surface area contributed by atoms with Crippen molar-refractivity contribution in [3.05, 3.63) is 47.7 Å². The topological polar surface area (TPSA) is 82.3 Å². The maximum Gasteiger partial charge on any atom is 0.229 e. The quantitative estimate of drug-likeness (QED) is 0.869. The van der Waals surface area contributed by atoms with Crippen molar-refractivity contribution in [2.24, 2.45) is 5.73 Å². The number of hydrogen-bond donors (Lipinski definition) is 1. The van der Waals surface area contributed by atoms with E-state index >= 15 is 0 Å². The summed E-state index contributed by atoms with van der Waals surface area (Å²) in [6.07, 6.45) is 2.74. The van der Waals surface area contributed by atoms with Gasteiger partial charge in [0, 0.05) is 12.5 Å². The Labute approximate surface area is 128 Å². The van der Waals surface area contributed by atoms with Crippen molar-refractivity contribution in [2.45, 2.75) is 11.8 Å². The first-order chi connectivity index (χ1) is 9.79. The fourth-order valence-electron chi connectivity index (χ4n) is 1.78. The molecular formula is C14H14N2O3S2. The molecule has 2 N–H and O–H groups in total. The molecule has 0 atom stereocenters. The van der Waals surface area contributed by atoms with E-state index in [0.717, 1.165) is 11.8 Å². The highest BCUT2D eigenvalue weighted by atomic mass is 32.2. The highest BCUT2D eigenvalue weighted by Crippen LogP contribution is 2.26. The van der Waals surface area contributed by atoms with Gasteiger partial charge in [-0.3, -0.25) is 0 Å². The Morgan fingerprint density at radius 3 is 2.38 bits per heavy atom. The van der Waals surface area contributed by atoms with Gasteiger partial charge in [0.1, 0.15) is 10.7 Å². The lowest BCUT2D eigenvalue weighted by atomic mass is 10.1. The second kappa shape index (κ2) is 5.79. The van der Waals surface area contributed by atoms with E-state index in [-0.39, 0.29) is 9.88 Å². The van der Waals surface area contributed by atoms with Crippen molar-refractivity contribution in [1.29, 1.82) is 0 Å². The van der Waals surface area contributed by atoms with Crippen LogP contribution in [-0.2, 0) is 9.84 Å². The minimum absolute atomic E-state index is 0.198. The molecule has 1 aromatic heterocycles. The molecule has 0 spiro atoms. The van der Waals surface area contributed by atoms with Crippen molar-refractivity contribution in [3.8, 4) is 11.6 Å². The van der Waals surface area contributed by atoms with Gasteiger partial charge in [-0.2, -0.15) is 0 Å². The number of sulfone groups is 1. The van der Waals surface area contributed by atoms with Crippen LogP contribution in [0.3, 0.4) is 0 Å². The molecule has 7 heteroatoms. The molecule has 0 saturated heterocycles. The summed E-state index contributed by atoms with van der Waals surface area (Å²) in [6, 6.07) is 7.85. The summed E-state index contributed by atoms with van der Waals surface area (Å²) in [6.45, 7) is 1.86. The number of thiocarbonyl (C=S) groups is 1. The average molecular weight is 322 g/mol. The van der Waals surface area contributed by atoms with Crippen LogP contribution < -0.4 is 10.5 Å². The van der Waals surface area contributed by atoms with Crippen LogP contribution in [0.5, 0.6) is 11.6 Å². The van der Waals surface area contributed by atoms with E-state index in [2.05, 4.69) is 4.98 Å². The summed E-state index contributed by atoms with van der Waals surface area (Å²) >= 11 is 5.00. The molecule has 0 fully saturated rings. The Morgan fingerprint density at radius 2 is 1.86 bits per heavy atom. The Morgan fingerprint density at radius 1 is 1.24 bits per heavy atom. The first-order valence-corrected chi connectivity index (χ1v) is 8.32. The van der Waals surface area contributed by atoms with Gasteiger partial charge >= 0.3 is 0 Å². The number of pyridine rings is 1. The van der Waals surface area contributed by atoms with Crippen molar-refractivity contribution >= 4 is 27.0 Å². The number of nitrogens with two attached hydrogens (primary N) is 1. The van der Waals surface area contributed by atoms with Crippen molar-refractivity contribution in [1.82, 2.24) is 4.98 Å². The van der Waals surface area contributed by atoms with Gasteiger partial charge < -0.3 is 10.5 Å². The number of hydrogen-bond acceptors (Lipinski definition) is 5. The number of rotatable bonds is 4. The van der Waals surface area contributed by atoms with Gasteiger partial charge in [0.15, 0.2) is 9.84 Å². The lowest BCUT2D eigenvalue weighted by molar-refractivity contribution is 0.461. The molecule has 1 heterocycles. The third kappa shape index (κ3) is 3.56. The summed E-state index contributed by atoms with van der Waals surface area (Å²) in [5, 5.41) is 0. The van der Waals surface area contributed by atoms with Crippen LogP contribution in [0.1, 0.15) is 11.1 Å². The first kappa shape index (κ1) is 15.4. The van der Waals surface area contributed by atoms with E-state index in [1.165, 1.54) is 12.1 Å². The molecule has 1 aromatic carbocycles. The van der Waals surface area contributed by atoms with Crippen molar-refractivity contribution < 1.29 is 13.2 Å². The van der Waals surface area contributed by atoms with Gasteiger partial charge in [0.25, 0.3) is 0 Å². The number of aromatic nitrogens is 1. The molecular weight excluding hydrogens is 308 g/mol. The van der Waals surface area contributed by atoms with Crippen LogP contribution in [-0.4, -0.2) is 24.6 Å². The Balaban J connectivity index is 2.35. The lowest BCUT2D eigenvalue weighted by Gasteiger charge is -2.11. The predicted octanol–water partition coefficient (Wildman–Crippen LogP) is 2.22. The van der Waals surface area contributed by atoms with Crippen LogP contribution in [0.15, 0.2) is 41.4 Å². The zero-order valence-corrected chi connectivity index (χ0v) is 13.2. The maximum absolute atomic E-state index is 11.4. The lowest BCUT2D eigenvalue weighted by Crippen LogP contribution is -2.13. The molecule has 0 radical (unpaired) electrons. The minimum atomic E-state index is -3.23. The summed E-state index contributed by atoms with van der Waals surface area (Å²) in [5.41, 5.74) is 7.11. The van der Waals surface area contributed by atoms with E-state index in [1.807, 2.05) is 6.92 Å². The molecule has 5 nitrogen and oxygen atoms in total. The third-order valence-corrected chi connectivity index (χ3v) is 4.17. The van der Waals surface area contributed by atoms with E-state index in [1.54, 1.807) is 24.4 Å². The Hall–Kier alpha value is -1.99. The summed E-state index contributed by atoms with van der Waals surface area (Å²) < 4.78 is 28.5. The number of benzene rings is 1. The van der Waals surface area contributed by atoms with Crippen LogP contribution in [0.25, 0.3) is 0 Å². The van der Waals surface area contributed by atoms with Gasteiger partial charge in [-0.15, -0.1) is 0 Å². The molecule has 0 unspecified atom stereocenters. The zero-order chi connectivity index (χ0) is 15.6. The Kier molecular flexibility index (Phi) is 4.24. The van der Waals surface area contributed by atoms with Gasteiger partial charge in [0.05, 0.1) is 10.5 Å². The second-order valence-electron chi connectivity index (χ2n) is 4.52. The SMILES string of the molecule is Cc1ccnc(Oc2ccc(S(C)(=O)=O)cc2)c1C(N)=S. The molecule has 0 bridgehead atoms. The summed E-state index contributed by atoms with van der Waals surface area (Å²) in [4.78, 5) is 4.54. The molecule has 0 aliphatic heterocycles. The molecule has 2 rings (SSSR count). The fraction of sp³-hybridized carbons (Fsp3) is 0.143. The molecule has 0 aliphatic carbocycles. The van der Waals surface area contributed by atoms with E-state index in [9.17, 15) is 8.42 Å². The molecule has 0 saturated carbocycles. The highest BCUT2D eigenvalue weighted by Gasteiger charge is 2.13. The molecule has 0 amide bonds. The maximum atomic E-state index is 11.4. The largest absolute Gasteiger partial charge is 0.438 e. The smallest absolute Gasteiger partial charge is 0.229 e. The zero-order valence-electron chi connectivity index (χ0n) is 11.5. The molecule has 21 heavy (non-hydrogen) atoms. The van der Waals surface area contributed by atoms with E-state index in [4.69, 9.17) is 22.7 Å². The highest BCUT2D eigenvalue weighted by molar-refractivity contribution is 7.90. The fourth-order valence-corrected chi connectivity index (χ4v) is 2.66. The number of aryl methyl sites for hydroxylation is 1. The van der Waals surface area contributed by atoms with Crippen LogP contribution in [0.2, 0.25) is 0 Å². The summed E-state index contributed by atoms with van der Waals surface area (Å²) in [5.74, 6) is 0.757. The van der Waals surface area contributed by atoms with E-state index < -0.39 is 9.84 Å². The average Bonchev–Trinajstić information content (AvgIpc) is 2.38. The normalized spacial score (nSPS) is 11.1. The van der Waals surface area contributed by atoms with Crippen LogP contribution in [0, 0.1) is 6.92 Å². The predicted molar refractivity (Wildman–Crippen MR) is 84.5 cm³/mol. The van der Waals surface area contributed by atoms with Gasteiger partial charge in [-0.05, 0) is 42.8 Å². The van der Waals surface area contributed by atoms with Crippen LogP contribution in [0.4, 0.5) is 0 Å². The monoisotopic (exact) mass is 322 g/mol. The summed E-state index contributed by atoms with van der Waals surface area (Å²) in [7, 11) is -3.23. The standard InChI is InChI=1S/C14H14N2O3S2/c1-9-7-8-16-14(12(9)13(15)20)19-10-3-5-11(6-4-10)21(2,17)18/h3-8H,1-2H3,(H2,15,20). The van der Waals surface area contributed by atoms with Gasteiger partial charge in [-0.1, -0.05) is 12.2 Å².